The molecule has 1 aliphatic rings. The fraction of sp³-hybridized carbons (Fsp3) is 0.194. The first-order valence-electron chi connectivity index (χ1n) is 12.7. The van der Waals surface area contributed by atoms with Crippen molar-refractivity contribution in [3.05, 3.63) is 88.7 Å². The lowest BCUT2D eigenvalue weighted by Crippen LogP contribution is -2.24. The monoisotopic (exact) mass is 520 g/mol. The van der Waals surface area contributed by atoms with Crippen LogP contribution in [0, 0.1) is 13.8 Å². The summed E-state index contributed by atoms with van der Waals surface area (Å²) in [6.07, 6.45) is 1.69. The van der Waals surface area contributed by atoms with E-state index in [0.717, 1.165) is 55.4 Å². The minimum Gasteiger partial charge on any atom is -0.491 e. The number of fused-ring (bicyclic) bond motifs is 4. The molecule has 3 heterocycles. The Morgan fingerprint density at radius 3 is 2.69 bits per heavy atom. The van der Waals surface area contributed by atoms with E-state index in [2.05, 4.69) is 9.97 Å². The van der Waals surface area contributed by atoms with Crippen molar-refractivity contribution in [2.45, 2.75) is 20.4 Å². The van der Waals surface area contributed by atoms with E-state index in [9.17, 15) is 9.59 Å². The molecule has 0 saturated carbocycles. The molecule has 0 unspecified atom stereocenters. The zero-order valence-electron chi connectivity index (χ0n) is 22.0. The number of nitrogens with two attached hydrogens (primary N) is 1. The highest BCUT2D eigenvalue weighted by Gasteiger charge is 2.30. The number of pyridine rings is 1. The number of rotatable bonds is 7. The van der Waals surface area contributed by atoms with Gasteiger partial charge in [-0.05, 0) is 54.8 Å². The van der Waals surface area contributed by atoms with Gasteiger partial charge in [0.05, 0.1) is 24.2 Å². The number of hydrogen-bond acceptors (Lipinski definition) is 5. The van der Waals surface area contributed by atoms with Gasteiger partial charge < -0.3 is 25.1 Å². The van der Waals surface area contributed by atoms with Crippen LogP contribution in [0.3, 0.4) is 0 Å². The third-order valence-electron chi connectivity index (χ3n) is 7.34. The standard InChI is InChI=1S/C31H28N4O4/c1-17-7-8-19-16-35(31(37)23(19)13-17)26-6-4-5-21(18(26)2)24-15-33-29(30(32)36)28-27(24)22-10-9-20(14-25(22)34-28)39-12-11-38-3/h4-10,13-15,34H,11-12,16H2,1-3H3,(H2,32,36). The summed E-state index contributed by atoms with van der Waals surface area (Å²) >= 11 is 0. The van der Waals surface area contributed by atoms with Crippen molar-refractivity contribution in [3.8, 4) is 16.9 Å². The molecule has 39 heavy (non-hydrogen) atoms. The van der Waals surface area contributed by atoms with Crippen molar-refractivity contribution in [2.24, 2.45) is 5.73 Å². The number of benzene rings is 3. The molecule has 0 fully saturated rings. The zero-order valence-corrected chi connectivity index (χ0v) is 22.0. The number of amides is 2. The number of methoxy groups -OCH3 is 1. The molecule has 0 aliphatic carbocycles. The Morgan fingerprint density at radius 2 is 1.90 bits per heavy atom. The summed E-state index contributed by atoms with van der Waals surface area (Å²) in [5.74, 6) is 0.0621. The van der Waals surface area contributed by atoms with Gasteiger partial charge in [-0.1, -0.05) is 29.8 Å². The minimum atomic E-state index is -0.615. The summed E-state index contributed by atoms with van der Waals surface area (Å²) in [6.45, 7) is 5.42. The number of aryl methyl sites for hydroxylation is 1. The summed E-state index contributed by atoms with van der Waals surface area (Å²) < 4.78 is 10.9. The van der Waals surface area contributed by atoms with E-state index in [1.165, 1.54) is 0 Å². The molecule has 0 spiro atoms. The first kappa shape index (κ1) is 24.6. The second-order valence-corrected chi connectivity index (χ2v) is 9.81. The van der Waals surface area contributed by atoms with Crippen molar-refractivity contribution in [2.75, 3.05) is 25.2 Å². The van der Waals surface area contributed by atoms with Gasteiger partial charge in [-0.2, -0.15) is 0 Å². The molecule has 0 atom stereocenters. The van der Waals surface area contributed by atoms with Crippen molar-refractivity contribution in [1.29, 1.82) is 0 Å². The summed E-state index contributed by atoms with van der Waals surface area (Å²) in [7, 11) is 1.63. The second kappa shape index (κ2) is 9.56. The van der Waals surface area contributed by atoms with Gasteiger partial charge >= 0.3 is 0 Å². The third kappa shape index (κ3) is 4.09. The molecule has 5 aromatic rings. The van der Waals surface area contributed by atoms with E-state index < -0.39 is 5.91 Å². The number of H-pyrrole nitrogens is 1. The second-order valence-electron chi connectivity index (χ2n) is 9.81. The van der Waals surface area contributed by atoms with Crippen molar-refractivity contribution in [3.63, 3.8) is 0 Å². The number of aromatic amines is 1. The van der Waals surface area contributed by atoms with Gasteiger partial charge in [-0.3, -0.25) is 9.59 Å². The average Bonchev–Trinajstić information content (AvgIpc) is 3.46. The van der Waals surface area contributed by atoms with Gasteiger partial charge in [0.25, 0.3) is 11.8 Å². The lowest BCUT2D eigenvalue weighted by Gasteiger charge is -2.21. The molecule has 3 aromatic carbocycles. The van der Waals surface area contributed by atoms with E-state index in [1.807, 2.05) is 73.3 Å². The van der Waals surface area contributed by atoms with Crippen LogP contribution in [-0.4, -0.2) is 42.1 Å². The number of primary amides is 1. The minimum absolute atomic E-state index is 0.00519. The summed E-state index contributed by atoms with van der Waals surface area (Å²) in [4.78, 5) is 35.3. The molecule has 0 bridgehead atoms. The molecular formula is C31H28N4O4. The van der Waals surface area contributed by atoms with Crippen LogP contribution in [0.5, 0.6) is 5.75 Å². The van der Waals surface area contributed by atoms with Gasteiger partial charge in [0, 0.05) is 47.0 Å². The Morgan fingerprint density at radius 1 is 1.05 bits per heavy atom. The maximum Gasteiger partial charge on any atom is 0.269 e. The van der Waals surface area contributed by atoms with Crippen LogP contribution in [0.4, 0.5) is 5.69 Å². The lowest BCUT2D eigenvalue weighted by atomic mass is 9.95. The molecule has 6 rings (SSSR count). The van der Waals surface area contributed by atoms with Crippen LogP contribution in [-0.2, 0) is 11.3 Å². The van der Waals surface area contributed by atoms with Gasteiger partial charge in [-0.25, -0.2) is 4.98 Å². The molecular weight excluding hydrogens is 492 g/mol. The highest BCUT2D eigenvalue weighted by atomic mass is 16.5. The van der Waals surface area contributed by atoms with Gasteiger partial charge in [0.2, 0.25) is 0 Å². The molecule has 2 aromatic heterocycles. The molecule has 2 amide bonds. The van der Waals surface area contributed by atoms with Crippen molar-refractivity contribution in [1.82, 2.24) is 9.97 Å². The van der Waals surface area contributed by atoms with Crippen LogP contribution < -0.4 is 15.4 Å². The fourth-order valence-corrected chi connectivity index (χ4v) is 5.43. The van der Waals surface area contributed by atoms with Gasteiger partial charge in [-0.15, -0.1) is 0 Å². The number of nitrogens with one attached hydrogen (secondary N) is 1. The number of ether oxygens (including phenoxy) is 2. The number of hydrogen-bond donors (Lipinski definition) is 2. The Kier molecular flexibility index (Phi) is 6.04. The van der Waals surface area contributed by atoms with Crippen LogP contribution in [0.2, 0.25) is 0 Å². The Hall–Kier alpha value is -4.69. The maximum absolute atomic E-state index is 13.4. The van der Waals surface area contributed by atoms with Crippen LogP contribution in [0.25, 0.3) is 32.9 Å². The number of aromatic nitrogens is 2. The topological polar surface area (TPSA) is 111 Å². The molecule has 1 aliphatic heterocycles. The molecule has 8 nitrogen and oxygen atoms in total. The molecule has 0 radical (unpaired) electrons. The molecule has 0 saturated heterocycles. The predicted molar refractivity (Wildman–Crippen MR) is 151 cm³/mol. The quantitative estimate of drug-likeness (QED) is 0.284. The number of anilines is 1. The van der Waals surface area contributed by atoms with E-state index >= 15 is 0 Å². The Labute approximate surface area is 225 Å². The van der Waals surface area contributed by atoms with Crippen molar-refractivity contribution >= 4 is 39.3 Å². The zero-order chi connectivity index (χ0) is 27.3. The summed E-state index contributed by atoms with van der Waals surface area (Å²) in [6, 6.07) is 17.7. The van der Waals surface area contributed by atoms with Crippen LogP contribution in [0.1, 0.15) is 37.5 Å². The lowest BCUT2D eigenvalue weighted by molar-refractivity contribution is 0.0988. The summed E-state index contributed by atoms with van der Waals surface area (Å²) in [5, 5.41) is 1.75. The SMILES string of the molecule is COCCOc1ccc2c(c1)[nH]c1c(C(N)=O)ncc(-c3cccc(N4Cc5ccc(C)cc5C4=O)c3C)c12. The van der Waals surface area contributed by atoms with Gasteiger partial charge in [0.1, 0.15) is 12.4 Å². The Balaban J connectivity index is 1.49. The number of carbonyl (C=O) groups excluding carboxylic acids is 2. The van der Waals surface area contributed by atoms with E-state index in [1.54, 1.807) is 13.3 Å². The first-order chi connectivity index (χ1) is 18.9. The number of nitrogens with zero attached hydrogens (tertiary/aromatic N) is 2. The van der Waals surface area contributed by atoms with E-state index in [0.29, 0.717) is 31.0 Å². The summed E-state index contributed by atoms with van der Waals surface area (Å²) in [5.41, 5.74) is 13.6. The third-order valence-corrected chi connectivity index (χ3v) is 7.34. The van der Waals surface area contributed by atoms with E-state index in [-0.39, 0.29) is 11.6 Å². The largest absolute Gasteiger partial charge is 0.491 e. The van der Waals surface area contributed by atoms with Crippen LogP contribution >= 0.6 is 0 Å². The number of carbonyl (C=O) groups is 2. The predicted octanol–water partition coefficient (Wildman–Crippen LogP) is 5.28. The average molecular weight is 521 g/mol. The molecule has 8 heteroatoms. The molecule has 196 valence electrons. The van der Waals surface area contributed by atoms with E-state index in [4.69, 9.17) is 15.2 Å². The van der Waals surface area contributed by atoms with Crippen LogP contribution in [0.15, 0.2) is 60.8 Å². The highest BCUT2D eigenvalue weighted by Crippen LogP contribution is 2.41. The Bertz CT molecular complexity index is 1790. The van der Waals surface area contributed by atoms with Gasteiger partial charge in [0.15, 0.2) is 5.69 Å². The fourth-order valence-electron chi connectivity index (χ4n) is 5.43. The normalized spacial score (nSPS) is 12.9. The van der Waals surface area contributed by atoms with Crippen molar-refractivity contribution < 1.29 is 19.1 Å². The molecule has 3 N–H and O–H groups in total. The maximum atomic E-state index is 13.4. The first-order valence-corrected chi connectivity index (χ1v) is 12.7. The highest BCUT2D eigenvalue weighted by molar-refractivity contribution is 6.19. The smallest absolute Gasteiger partial charge is 0.269 e.